The zero-order chi connectivity index (χ0) is 28.0. The highest BCUT2D eigenvalue weighted by molar-refractivity contribution is 7.92. The molecule has 0 saturated heterocycles. The number of nitrogens with zero attached hydrogens (tertiary/aromatic N) is 2. The number of carbonyl (C=O) groups is 2. The highest BCUT2D eigenvalue weighted by atomic mass is 35.5. The summed E-state index contributed by atoms with van der Waals surface area (Å²) < 4.78 is 28.6. The minimum atomic E-state index is -4.17. The Hall–Kier alpha value is -3.07. The van der Waals surface area contributed by atoms with Crippen LogP contribution in [0.2, 0.25) is 10.0 Å². The van der Waals surface area contributed by atoms with Crippen LogP contribution in [0.4, 0.5) is 5.69 Å². The van der Waals surface area contributed by atoms with Gasteiger partial charge in [0.2, 0.25) is 11.8 Å². The Morgan fingerprint density at radius 3 is 2.15 bits per heavy atom. The molecule has 0 heterocycles. The van der Waals surface area contributed by atoms with Gasteiger partial charge in [0.15, 0.2) is 0 Å². The van der Waals surface area contributed by atoms with Crippen molar-refractivity contribution in [2.24, 2.45) is 0 Å². The van der Waals surface area contributed by atoms with E-state index in [9.17, 15) is 18.0 Å². The van der Waals surface area contributed by atoms with Crippen LogP contribution in [0.3, 0.4) is 0 Å². The molecule has 1 fully saturated rings. The predicted octanol–water partition coefficient (Wildman–Crippen LogP) is 5.66. The summed E-state index contributed by atoms with van der Waals surface area (Å²) in [7, 11) is -4.17. The molecular weight excluding hydrogens is 557 g/mol. The second kappa shape index (κ2) is 12.9. The Morgan fingerprint density at radius 2 is 1.54 bits per heavy atom. The van der Waals surface area contributed by atoms with E-state index in [1.54, 1.807) is 25.1 Å². The number of hydrogen-bond donors (Lipinski definition) is 1. The first-order chi connectivity index (χ1) is 18.7. The normalized spacial score (nSPS) is 14.5. The summed E-state index contributed by atoms with van der Waals surface area (Å²) in [5.74, 6) is -0.795. The molecule has 2 amide bonds. The van der Waals surface area contributed by atoms with E-state index in [0.29, 0.717) is 0 Å². The van der Waals surface area contributed by atoms with E-state index < -0.39 is 28.5 Å². The third kappa shape index (κ3) is 7.12. The molecule has 206 valence electrons. The largest absolute Gasteiger partial charge is 0.352 e. The van der Waals surface area contributed by atoms with Gasteiger partial charge >= 0.3 is 0 Å². The summed E-state index contributed by atoms with van der Waals surface area (Å²) in [6.45, 7) is 1.27. The molecular formula is C29H31Cl2N3O4S. The number of hydrogen-bond acceptors (Lipinski definition) is 4. The summed E-state index contributed by atoms with van der Waals surface area (Å²) in [6, 6.07) is 20.8. The SMILES string of the molecule is CC(C(=O)NC1CCCC1)N(Cc1ccccc1)C(=O)CN(c1ccc(Cl)c(Cl)c1)S(=O)(=O)c1ccccc1. The molecule has 39 heavy (non-hydrogen) atoms. The number of nitrogens with one attached hydrogen (secondary N) is 1. The average Bonchev–Trinajstić information content (AvgIpc) is 3.45. The molecule has 1 atom stereocenters. The van der Waals surface area contributed by atoms with Gasteiger partial charge in [-0.15, -0.1) is 0 Å². The summed E-state index contributed by atoms with van der Waals surface area (Å²) in [5.41, 5.74) is 1.00. The fourth-order valence-electron chi connectivity index (χ4n) is 4.64. The maximum absolute atomic E-state index is 13.9. The van der Waals surface area contributed by atoms with Crippen molar-refractivity contribution < 1.29 is 18.0 Å². The van der Waals surface area contributed by atoms with Crippen LogP contribution in [-0.2, 0) is 26.2 Å². The van der Waals surface area contributed by atoms with Gasteiger partial charge in [0, 0.05) is 12.6 Å². The molecule has 0 bridgehead atoms. The van der Waals surface area contributed by atoms with Gasteiger partial charge in [-0.05, 0) is 55.7 Å². The van der Waals surface area contributed by atoms with E-state index in [1.807, 2.05) is 30.3 Å². The lowest BCUT2D eigenvalue weighted by Crippen LogP contribution is -2.52. The number of rotatable bonds is 10. The zero-order valence-electron chi connectivity index (χ0n) is 21.6. The first-order valence-corrected chi connectivity index (χ1v) is 15.0. The van der Waals surface area contributed by atoms with Gasteiger partial charge in [-0.25, -0.2) is 8.42 Å². The fraction of sp³-hybridized carbons (Fsp3) is 0.310. The van der Waals surface area contributed by atoms with Crippen LogP contribution in [-0.4, -0.2) is 43.8 Å². The highest BCUT2D eigenvalue weighted by Gasteiger charge is 2.33. The lowest BCUT2D eigenvalue weighted by Gasteiger charge is -2.32. The average molecular weight is 589 g/mol. The minimum Gasteiger partial charge on any atom is -0.352 e. The van der Waals surface area contributed by atoms with Gasteiger partial charge in [0.25, 0.3) is 10.0 Å². The van der Waals surface area contributed by atoms with Crippen LogP contribution in [0.1, 0.15) is 38.2 Å². The van der Waals surface area contributed by atoms with E-state index in [1.165, 1.54) is 35.2 Å². The maximum Gasteiger partial charge on any atom is 0.264 e. The monoisotopic (exact) mass is 587 g/mol. The number of amides is 2. The third-order valence-electron chi connectivity index (χ3n) is 6.87. The molecule has 1 aliphatic carbocycles. The van der Waals surface area contributed by atoms with Crippen molar-refractivity contribution in [1.29, 1.82) is 0 Å². The zero-order valence-corrected chi connectivity index (χ0v) is 23.9. The third-order valence-corrected chi connectivity index (χ3v) is 9.39. The van der Waals surface area contributed by atoms with Crippen LogP contribution in [0.15, 0.2) is 83.8 Å². The topological polar surface area (TPSA) is 86.8 Å². The van der Waals surface area contributed by atoms with Crippen LogP contribution in [0.25, 0.3) is 0 Å². The summed E-state index contributed by atoms with van der Waals surface area (Å²) in [6.07, 6.45) is 3.93. The van der Waals surface area contributed by atoms with Crippen LogP contribution in [0, 0.1) is 0 Å². The molecule has 0 radical (unpaired) electrons. The molecule has 3 aromatic carbocycles. The van der Waals surface area contributed by atoms with Crippen molar-refractivity contribution in [3.05, 3.63) is 94.5 Å². The summed E-state index contributed by atoms with van der Waals surface area (Å²) >= 11 is 12.3. The first kappa shape index (κ1) is 28.9. The molecule has 10 heteroatoms. The first-order valence-electron chi connectivity index (χ1n) is 12.8. The molecule has 0 spiro atoms. The Balaban J connectivity index is 1.68. The van der Waals surface area contributed by atoms with Gasteiger partial charge in [-0.1, -0.05) is 84.6 Å². The van der Waals surface area contributed by atoms with Crippen LogP contribution < -0.4 is 9.62 Å². The Labute approximate surface area is 239 Å². The number of benzene rings is 3. The van der Waals surface area contributed by atoms with Crippen LogP contribution in [0.5, 0.6) is 0 Å². The Kier molecular flexibility index (Phi) is 9.53. The van der Waals surface area contributed by atoms with E-state index in [-0.39, 0.29) is 39.1 Å². The standard InChI is InChI=1S/C29H31Cl2N3O4S/c1-21(29(36)32-23-12-8-9-13-23)33(19-22-10-4-2-5-11-22)28(35)20-34(24-16-17-26(30)27(31)18-24)39(37,38)25-14-6-3-7-15-25/h2-7,10-11,14-18,21,23H,8-9,12-13,19-20H2,1H3,(H,32,36). The quantitative estimate of drug-likeness (QED) is 0.331. The molecule has 1 aliphatic rings. The summed E-state index contributed by atoms with van der Waals surface area (Å²) in [5, 5.41) is 3.47. The fourth-order valence-corrected chi connectivity index (χ4v) is 6.36. The smallest absolute Gasteiger partial charge is 0.264 e. The molecule has 4 rings (SSSR count). The van der Waals surface area contributed by atoms with Gasteiger partial charge in [-0.2, -0.15) is 0 Å². The van der Waals surface area contributed by atoms with Gasteiger partial charge in [-0.3, -0.25) is 13.9 Å². The van der Waals surface area contributed by atoms with Crippen molar-refractivity contribution in [2.75, 3.05) is 10.8 Å². The molecule has 1 N–H and O–H groups in total. The van der Waals surface area contributed by atoms with E-state index in [0.717, 1.165) is 35.6 Å². The van der Waals surface area contributed by atoms with Crippen LogP contribution >= 0.6 is 23.2 Å². The van der Waals surface area contributed by atoms with E-state index in [2.05, 4.69) is 5.32 Å². The lowest BCUT2D eigenvalue weighted by atomic mass is 10.1. The van der Waals surface area contributed by atoms with Gasteiger partial charge in [0.05, 0.1) is 20.6 Å². The summed E-state index contributed by atoms with van der Waals surface area (Å²) in [4.78, 5) is 28.6. The lowest BCUT2D eigenvalue weighted by molar-refractivity contribution is -0.139. The van der Waals surface area contributed by atoms with E-state index in [4.69, 9.17) is 23.2 Å². The minimum absolute atomic E-state index is 0.0190. The van der Waals surface area contributed by atoms with Gasteiger partial charge < -0.3 is 10.2 Å². The molecule has 0 aliphatic heterocycles. The number of sulfonamides is 1. The van der Waals surface area contributed by atoms with Gasteiger partial charge in [0.1, 0.15) is 12.6 Å². The number of halogens is 2. The molecule has 1 saturated carbocycles. The Morgan fingerprint density at radius 1 is 0.923 bits per heavy atom. The maximum atomic E-state index is 13.9. The van der Waals surface area contributed by atoms with Crippen molar-refractivity contribution in [1.82, 2.24) is 10.2 Å². The van der Waals surface area contributed by atoms with E-state index >= 15 is 0 Å². The van der Waals surface area contributed by atoms with Crippen molar-refractivity contribution in [3.63, 3.8) is 0 Å². The highest BCUT2D eigenvalue weighted by Crippen LogP contribution is 2.31. The molecule has 1 unspecified atom stereocenters. The second-order valence-corrected chi connectivity index (χ2v) is 12.3. The van der Waals surface area contributed by atoms with Crippen molar-refractivity contribution in [3.8, 4) is 0 Å². The molecule has 3 aromatic rings. The molecule has 0 aromatic heterocycles. The predicted molar refractivity (Wildman–Crippen MR) is 154 cm³/mol. The second-order valence-electron chi connectivity index (χ2n) is 9.60. The van der Waals surface area contributed by atoms with Crippen molar-refractivity contribution in [2.45, 2.75) is 56.1 Å². The number of anilines is 1. The Bertz CT molecular complexity index is 1400. The van der Waals surface area contributed by atoms with Crippen molar-refractivity contribution >= 4 is 50.7 Å². The molecule has 7 nitrogen and oxygen atoms in total. The number of carbonyl (C=O) groups excluding carboxylic acids is 2.